The van der Waals surface area contributed by atoms with Gasteiger partial charge < -0.3 is 10.4 Å². The van der Waals surface area contributed by atoms with Gasteiger partial charge in [-0.15, -0.1) is 0 Å². The highest BCUT2D eigenvalue weighted by molar-refractivity contribution is 6.02. The summed E-state index contributed by atoms with van der Waals surface area (Å²) in [6.07, 6.45) is -4.14. The third-order valence-corrected chi connectivity index (χ3v) is 3.32. The number of amides is 1. The van der Waals surface area contributed by atoms with Crippen LogP contribution in [0, 0.1) is 5.41 Å². The molecule has 0 aliphatic heterocycles. The van der Waals surface area contributed by atoms with Gasteiger partial charge in [-0.1, -0.05) is 20.8 Å². The highest BCUT2D eigenvalue weighted by Crippen LogP contribution is 2.32. The molecule has 0 aromatic heterocycles. The highest BCUT2D eigenvalue weighted by Gasteiger charge is 2.32. The van der Waals surface area contributed by atoms with Crippen molar-refractivity contribution in [3.63, 3.8) is 0 Å². The topological polar surface area (TPSA) is 66.4 Å². The molecule has 0 radical (unpaired) electrons. The van der Waals surface area contributed by atoms with E-state index in [0.29, 0.717) is 12.5 Å². The summed E-state index contributed by atoms with van der Waals surface area (Å²) in [6, 6.07) is 2.20. The number of hydrogen-bond donors (Lipinski definition) is 2. The maximum atomic E-state index is 12.6. The Morgan fingerprint density at radius 3 is 2.24 bits per heavy atom. The minimum Gasteiger partial charge on any atom is -0.478 e. The van der Waals surface area contributed by atoms with Crippen molar-refractivity contribution in [2.75, 3.05) is 5.32 Å². The van der Waals surface area contributed by atoms with E-state index in [1.807, 2.05) is 0 Å². The quantitative estimate of drug-likeness (QED) is 0.889. The summed E-state index contributed by atoms with van der Waals surface area (Å²) in [6.45, 7) is 5.10. The molecule has 0 spiro atoms. The number of rotatable bonds is 4. The van der Waals surface area contributed by atoms with Crippen molar-refractivity contribution >= 4 is 17.6 Å². The van der Waals surface area contributed by atoms with Crippen LogP contribution in [0.2, 0.25) is 0 Å². The van der Waals surface area contributed by atoms with E-state index in [-0.39, 0.29) is 5.69 Å². The zero-order valence-electron chi connectivity index (χ0n) is 11.8. The summed E-state index contributed by atoms with van der Waals surface area (Å²) in [5.74, 6) is -1.99. The SMILES string of the molecule is CCC(C)(C)C(=O)Nc1ccc(C(F)(F)F)cc1C(=O)O. The minimum absolute atomic E-state index is 0.151. The summed E-state index contributed by atoms with van der Waals surface area (Å²) in [4.78, 5) is 23.1. The van der Waals surface area contributed by atoms with Crippen LogP contribution < -0.4 is 5.32 Å². The first-order chi connectivity index (χ1) is 9.49. The van der Waals surface area contributed by atoms with E-state index in [4.69, 9.17) is 5.11 Å². The van der Waals surface area contributed by atoms with Crippen molar-refractivity contribution < 1.29 is 27.9 Å². The second-order valence-corrected chi connectivity index (χ2v) is 5.25. The molecule has 0 unspecified atom stereocenters. The van der Waals surface area contributed by atoms with Crippen LogP contribution in [-0.4, -0.2) is 17.0 Å². The summed E-state index contributed by atoms with van der Waals surface area (Å²) in [5.41, 5.74) is -2.57. The lowest BCUT2D eigenvalue weighted by atomic mass is 9.89. The second-order valence-electron chi connectivity index (χ2n) is 5.25. The Bertz CT molecular complexity index is 565. The van der Waals surface area contributed by atoms with Gasteiger partial charge >= 0.3 is 12.1 Å². The first-order valence-electron chi connectivity index (χ1n) is 6.25. The van der Waals surface area contributed by atoms with E-state index in [0.717, 1.165) is 12.1 Å². The Morgan fingerprint density at radius 2 is 1.81 bits per heavy atom. The van der Waals surface area contributed by atoms with E-state index in [2.05, 4.69) is 5.32 Å². The average molecular weight is 303 g/mol. The molecule has 116 valence electrons. The van der Waals surface area contributed by atoms with Crippen molar-refractivity contribution in [3.8, 4) is 0 Å². The van der Waals surface area contributed by atoms with E-state index < -0.39 is 34.6 Å². The number of nitrogens with one attached hydrogen (secondary N) is 1. The van der Waals surface area contributed by atoms with Crippen molar-refractivity contribution in [1.82, 2.24) is 0 Å². The van der Waals surface area contributed by atoms with Crippen LogP contribution in [0.4, 0.5) is 18.9 Å². The summed E-state index contributed by atoms with van der Waals surface area (Å²) in [5, 5.41) is 11.4. The van der Waals surface area contributed by atoms with Crippen molar-refractivity contribution in [1.29, 1.82) is 0 Å². The lowest BCUT2D eigenvalue weighted by Crippen LogP contribution is -2.30. The molecular weight excluding hydrogens is 287 g/mol. The Hall–Kier alpha value is -2.05. The number of carbonyl (C=O) groups is 2. The number of anilines is 1. The lowest BCUT2D eigenvalue weighted by Gasteiger charge is -2.22. The molecule has 0 aliphatic carbocycles. The van der Waals surface area contributed by atoms with Crippen LogP contribution in [0.1, 0.15) is 43.1 Å². The summed E-state index contributed by atoms with van der Waals surface area (Å²) < 4.78 is 37.8. The molecule has 1 aromatic rings. The smallest absolute Gasteiger partial charge is 0.416 e. The van der Waals surface area contributed by atoms with Gasteiger partial charge in [-0.2, -0.15) is 13.2 Å². The van der Waals surface area contributed by atoms with Crippen LogP contribution >= 0.6 is 0 Å². The summed E-state index contributed by atoms with van der Waals surface area (Å²) >= 11 is 0. The van der Waals surface area contributed by atoms with Crippen molar-refractivity contribution in [2.45, 2.75) is 33.4 Å². The number of alkyl halides is 3. The normalized spacial score (nSPS) is 12.1. The largest absolute Gasteiger partial charge is 0.478 e. The zero-order valence-corrected chi connectivity index (χ0v) is 11.8. The number of carboxylic acid groups (broad SMARTS) is 1. The molecular formula is C14H16F3NO3. The van der Waals surface area contributed by atoms with E-state index in [1.54, 1.807) is 20.8 Å². The van der Waals surface area contributed by atoms with Crippen LogP contribution in [-0.2, 0) is 11.0 Å². The molecule has 0 fully saturated rings. The van der Waals surface area contributed by atoms with Crippen molar-refractivity contribution in [2.24, 2.45) is 5.41 Å². The Morgan fingerprint density at radius 1 is 1.24 bits per heavy atom. The zero-order chi connectivity index (χ0) is 16.4. The predicted molar refractivity (Wildman–Crippen MR) is 71.1 cm³/mol. The fraction of sp³-hybridized carbons (Fsp3) is 0.429. The van der Waals surface area contributed by atoms with Gasteiger partial charge in [0.1, 0.15) is 0 Å². The molecule has 0 saturated heterocycles. The van der Waals surface area contributed by atoms with Gasteiger partial charge in [0, 0.05) is 5.41 Å². The van der Waals surface area contributed by atoms with Gasteiger partial charge in [-0.05, 0) is 24.6 Å². The number of carboxylic acids is 1. The average Bonchev–Trinajstić information content (AvgIpc) is 2.37. The third-order valence-electron chi connectivity index (χ3n) is 3.32. The fourth-order valence-electron chi connectivity index (χ4n) is 1.46. The van der Waals surface area contributed by atoms with Crippen LogP contribution in [0.5, 0.6) is 0 Å². The van der Waals surface area contributed by atoms with E-state index >= 15 is 0 Å². The van der Waals surface area contributed by atoms with Gasteiger partial charge in [0.25, 0.3) is 0 Å². The Balaban J connectivity index is 3.20. The Labute approximate surface area is 120 Å². The number of aromatic carboxylic acids is 1. The molecule has 0 heterocycles. The molecule has 1 rings (SSSR count). The van der Waals surface area contributed by atoms with Crippen LogP contribution in [0.25, 0.3) is 0 Å². The molecule has 21 heavy (non-hydrogen) atoms. The van der Waals surface area contributed by atoms with Gasteiger partial charge in [0.2, 0.25) is 5.91 Å². The van der Waals surface area contributed by atoms with Crippen LogP contribution in [0.15, 0.2) is 18.2 Å². The van der Waals surface area contributed by atoms with Gasteiger partial charge in [-0.3, -0.25) is 4.79 Å². The van der Waals surface area contributed by atoms with Gasteiger partial charge in [-0.25, -0.2) is 4.79 Å². The first-order valence-corrected chi connectivity index (χ1v) is 6.25. The van der Waals surface area contributed by atoms with Crippen LogP contribution in [0.3, 0.4) is 0 Å². The van der Waals surface area contributed by atoms with Crippen molar-refractivity contribution in [3.05, 3.63) is 29.3 Å². The maximum Gasteiger partial charge on any atom is 0.416 e. The molecule has 7 heteroatoms. The standard InChI is InChI=1S/C14H16F3NO3/c1-4-13(2,3)12(21)18-10-6-5-8(14(15,16)17)7-9(10)11(19)20/h5-7H,4H2,1-3H3,(H,18,21)(H,19,20). The molecule has 2 N–H and O–H groups in total. The number of benzene rings is 1. The third kappa shape index (κ3) is 3.96. The molecule has 0 atom stereocenters. The van der Waals surface area contributed by atoms with Gasteiger partial charge in [0.05, 0.1) is 16.8 Å². The minimum atomic E-state index is -4.64. The molecule has 1 aromatic carbocycles. The predicted octanol–water partition coefficient (Wildman–Crippen LogP) is 3.78. The monoisotopic (exact) mass is 303 g/mol. The number of halogens is 3. The second kappa shape index (κ2) is 5.75. The highest BCUT2D eigenvalue weighted by atomic mass is 19.4. The molecule has 0 aliphatic rings. The van der Waals surface area contributed by atoms with E-state index in [1.165, 1.54) is 0 Å². The molecule has 1 amide bonds. The van der Waals surface area contributed by atoms with Gasteiger partial charge in [0.15, 0.2) is 0 Å². The fourth-order valence-corrected chi connectivity index (χ4v) is 1.46. The molecule has 4 nitrogen and oxygen atoms in total. The number of carbonyl (C=O) groups excluding carboxylic acids is 1. The lowest BCUT2D eigenvalue weighted by molar-refractivity contribution is -0.137. The first kappa shape index (κ1) is 17.0. The molecule has 0 bridgehead atoms. The van der Waals surface area contributed by atoms with E-state index in [9.17, 15) is 22.8 Å². The maximum absolute atomic E-state index is 12.6. The number of hydrogen-bond acceptors (Lipinski definition) is 2. The molecule has 0 saturated carbocycles. The Kier molecular flexibility index (Phi) is 4.65. The summed E-state index contributed by atoms with van der Waals surface area (Å²) in [7, 11) is 0.